The van der Waals surface area contributed by atoms with Gasteiger partial charge in [0.1, 0.15) is 0 Å². The van der Waals surface area contributed by atoms with E-state index in [2.05, 4.69) is 41.3 Å². The van der Waals surface area contributed by atoms with Crippen LogP contribution in [0.2, 0.25) is 0 Å². The van der Waals surface area contributed by atoms with Crippen LogP contribution in [0.5, 0.6) is 0 Å². The molecule has 8 amide bonds. The summed E-state index contributed by atoms with van der Waals surface area (Å²) in [5.74, 6) is -10.9. The highest BCUT2D eigenvalue weighted by Gasteiger charge is 2.53. The van der Waals surface area contributed by atoms with E-state index in [9.17, 15) is 38.4 Å². The summed E-state index contributed by atoms with van der Waals surface area (Å²) in [4.78, 5) is 128. The third kappa shape index (κ3) is 5.05. The number of hydrazine groups is 4. The summed E-state index contributed by atoms with van der Waals surface area (Å²) in [6, 6.07) is 17.4. The Bertz CT molecular complexity index is 2660. The minimum Gasteiger partial charge on any atom is -0.368 e. The number of imide groups is 4. The lowest BCUT2D eigenvalue weighted by atomic mass is 10.0. The number of nitrogens with zero attached hydrogens (tertiary/aromatic N) is 9. The van der Waals surface area contributed by atoms with E-state index >= 15 is 0 Å². The van der Waals surface area contributed by atoms with E-state index in [0.717, 1.165) is 0 Å². The monoisotopic (exact) mass is 810 g/mol. The lowest BCUT2D eigenvalue weighted by Crippen LogP contribution is -2.60. The van der Waals surface area contributed by atoms with E-state index < -0.39 is 65.1 Å². The molecule has 61 heavy (non-hydrogen) atoms. The number of nitrogen functional groups attached to an aromatic ring is 1. The first-order valence-corrected chi connectivity index (χ1v) is 18.1. The molecule has 0 aliphatic carbocycles. The van der Waals surface area contributed by atoms with Crippen LogP contribution in [0, 0.1) is 0 Å². The van der Waals surface area contributed by atoms with E-state index in [4.69, 9.17) is 5.73 Å². The highest BCUT2D eigenvalue weighted by atomic mass is 16.2. The van der Waals surface area contributed by atoms with Crippen LogP contribution in [-0.4, -0.2) is 82.2 Å². The van der Waals surface area contributed by atoms with Gasteiger partial charge >= 0.3 is 0 Å². The van der Waals surface area contributed by atoms with Gasteiger partial charge in [-0.2, -0.15) is 35.0 Å². The van der Waals surface area contributed by atoms with Crippen LogP contribution >= 0.6 is 0 Å². The number of hydrogen-bond acceptors (Lipinski definition) is 14. The number of amides is 8. The molecule has 0 saturated heterocycles. The number of benzene rings is 4. The quantitative estimate of drug-likeness (QED) is 0.192. The second kappa shape index (κ2) is 13.5. The zero-order valence-electron chi connectivity index (χ0n) is 31.4. The number of anilines is 3. The zero-order chi connectivity index (χ0) is 43.2. The second-order valence-electron chi connectivity index (χ2n) is 13.5. The number of rotatable bonds is 10. The van der Waals surface area contributed by atoms with Crippen LogP contribution in [0.25, 0.3) is 24.3 Å². The van der Waals surface area contributed by atoms with Gasteiger partial charge in [-0.25, -0.2) is 0 Å². The average molecular weight is 811 g/mol. The van der Waals surface area contributed by atoms with Gasteiger partial charge in [0.15, 0.2) is 0 Å². The molecular formula is C43H26N10O8. The highest BCUT2D eigenvalue weighted by molar-refractivity contribution is 6.28. The number of hydrogen-bond donors (Lipinski definition) is 1. The Morgan fingerprint density at radius 3 is 0.869 bits per heavy atom. The average Bonchev–Trinajstić information content (AvgIpc) is 3.88. The maximum atomic E-state index is 14.5. The van der Waals surface area contributed by atoms with Crippen LogP contribution in [0.4, 0.5) is 17.8 Å². The van der Waals surface area contributed by atoms with E-state index in [1.165, 1.54) is 97.1 Å². The Morgan fingerprint density at radius 2 is 0.639 bits per heavy atom. The number of aromatic nitrogens is 3. The molecule has 0 unspecified atom stereocenters. The van der Waals surface area contributed by atoms with Crippen molar-refractivity contribution in [2.24, 2.45) is 0 Å². The van der Waals surface area contributed by atoms with Gasteiger partial charge in [-0.3, -0.25) is 38.4 Å². The number of carbonyl (C=O) groups is 8. The first-order valence-electron chi connectivity index (χ1n) is 18.1. The standard InChI is InChI=1S/C43H26N10O8/c1-5-21-13-9-17-25-29(21)37(58)48(33(25)54)52(49-34(55)26-18-10-14-22(6-2)30(26)38(49)59)42-45-41(44)46-43(47-42)53(50-35(56)27-19-11-15-23(7-3)31(27)39(50)60)51-36(57)28-20-12-16-24(8-4)32(28)40(51)61/h5-20H,1-4H2,(H2,44,45,46,47). The van der Waals surface area contributed by atoms with Gasteiger partial charge in [0, 0.05) is 0 Å². The Balaban J connectivity index is 1.29. The molecular weight excluding hydrogens is 785 g/mol. The third-order valence-electron chi connectivity index (χ3n) is 10.3. The fourth-order valence-electron chi connectivity index (χ4n) is 7.65. The molecule has 4 aliphatic heterocycles. The van der Waals surface area contributed by atoms with Crippen LogP contribution in [0.3, 0.4) is 0 Å². The Kier molecular flexibility index (Phi) is 8.24. The van der Waals surface area contributed by atoms with Gasteiger partial charge in [0.2, 0.25) is 5.95 Å². The Hall–Kier alpha value is -9.19. The molecule has 2 N–H and O–H groups in total. The van der Waals surface area contributed by atoms with Crippen molar-refractivity contribution in [3.8, 4) is 0 Å². The zero-order valence-corrected chi connectivity index (χ0v) is 31.4. The maximum Gasteiger partial charge on any atom is 0.283 e. The summed E-state index contributed by atoms with van der Waals surface area (Å²) in [5.41, 5.74) is 6.05. The van der Waals surface area contributed by atoms with Crippen molar-refractivity contribution in [3.63, 3.8) is 0 Å². The fourth-order valence-corrected chi connectivity index (χ4v) is 7.65. The van der Waals surface area contributed by atoms with Crippen LogP contribution < -0.4 is 16.0 Å². The van der Waals surface area contributed by atoms with E-state index in [0.29, 0.717) is 30.3 Å². The molecule has 0 bridgehead atoms. The maximum absolute atomic E-state index is 14.5. The summed E-state index contributed by atoms with van der Waals surface area (Å²) in [6.07, 6.45) is 5.30. The molecule has 9 rings (SSSR count). The summed E-state index contributed by atoms with van der Waals surface area (Å²) in [6.45, 7) is 14.9. The van der Waals surface area contributed by atoms with Crippen LogP contribution in [0.1, 0.15) is 105 Å². The van der Waals surface area contributed by atoms with Crippen LogP contribution in [0.15, 0.2) is 99.1 Å². The molecule has 5 heterocycles. The van der Waals surface area contributed by atoms with Crippen molar-refractivity contribution in [2.45, 2.75) is 0 Å². The summed E-state index contributed by atoms with van der Waals surface area (Å²) < 4.78 is 0. The van der Waals surface area contributed by atoms with Crippen LogP contribution in [-0.2, 0) is 0 Å². The second-order valence-corrected chi connectivity index (χ2v) is 13.5. The van der Waals surface area contributed by atoms with E-state index in [-0.39, 0.29) is 66.8 Å². The van der Waals surface area contributed by atoms with Gasteiger partial charge in [-0.1, -0.05) is 99.2 Å². The van der Waals surface area contributed by atoms with Crippen molar-refractivity contribution in [1.82, 2.24) is 35.0 Å². The Labute approximate surface area is 343 Å². The lowest BCUT2D eigenvalue weighted by molar-refractivity contribution is 0.0383. The smallest absolute Gasteiger partial charge is 0.283 e. The number of carbonyl (C=O) groups excluding carboxylic acids is 8. The van der Waals surface area contributed by atoms with Gasteiger partial charge < -0.3 is 5.73 Å². The number of fused-ring (bicyclic) bond motifs is 4. The highest BCUT2D eigenvalue weighted by Crippen LogP contribution is 2.38. The third-order valence-corrected chi connectivity index (χ3v) is 10.3. The van der Waals surface area contributed by atoms with Crippen molar-refractivity contribution >= 4 is 89.4 Å². The summed E-state index contributed by atoms with van der Waals surface area (Å²) in [5, 5.41) is 2.65. The molecule has 296 valence electrons. The van der Waals surface area contributed by atoms with Gasteiger partial charge in [-0.15, -0.1) is 10.2 Å². The first-order chi connectivity index (χ1) is 29.4. The SMILES string of the molecule is C=Cc1cccc2c1C(=O)N(N(c1nc(N)nc(N(N3C(=O)c4cccc(C=C)c4C3=O)N3C(=O)c4cccc(C=C)c4C3=O)n1)N1C(=O)c3cccc(C=C)c3C1=O)C2=O. The summed E-state index contributed by atoms with van der Waals surface area (Å²) in [7, 11) is 0. The van der Waals surface area contributed by atoms with Gasteiger partial charge in [0.05, 0.1) is 44.5 Å². The van der Waals surface area contributed by atoms with E-state index in [1.807, 2.05) is 0 Å². The minimum atomic E-state index is -1.05. The Morgan fingerprint density at radius 1 is 0.393 bits per heavy atom. The van der Waals surface area contributed by atoms with Crippen molar-refractivity contribution in [2.75, 3.05) is 16.0 Å². The predicted molar refractivity (Wildman–Crippen MR) is 217 cm³/mol. The van der Waals surface area contributed by atoms with Gasteiger partial charge in [0.25, 0.3) is 59.2 Å². The minimum absolute atomic E-state index is 0.145. The molecule has 1 aromatic heterocycles. The number of nitrogens with two attached hydrogens (primary N) is 1. The molecule has 4 aromatic carbocycles. The molecule has 0 radical (unpaired) electrons. The molecule has 18 heteroatoms. The molecule has 4 aliphatic rings. The largest absolute Gasteiger partial charge is 0.368 e. The molecule has 0 atom stereocenters. The molecule has 0 spiro atoms. The summed E-state index contributed by atoms with van der Waals surface area (Å²) >= 11 is 0. The first kappa shape index (κ1) is 37.4. The van der Waals surface area contributed by atoms with Gasteiger partial charge in [-0.05, 0) is 46.5 Å². The molecule has 5 aromatic rings. The predicted octanol–water partition coefficient (Wildman–Crippen LogP) is 4.48. The fraction of sp³-hybridized carbons (Fsp3) is 0. The van der Waals surface area contributed by atoms with Crippen molar-refractivity contribution < 1.29 is 38.4 Å². The van der Waals surface area contributed by atoms with E-state index in [1.54, 1.807) is 0 Å². The molecule has 18 nitrogen and oxygen atoms in total. The molecule has 0 saturated carbocycles. The van der Waals surface area contributed by atoms with Crippen molar-refractivity contribution in [3.05, 3.63) is 166 Å². The lowest BCUT2D eigenvalue weighted by Gasteiger charge is -2.37. The molecule has 0 fully saturated rings. The topological polar surface area (TPSA) is 221 Å². The van der Waals surface area contributed by atoms with Crippen molar-refractivity contribution in [1.29, 1.82) is 0 Å². The normalized spacial score (nSPS) is 15.0.